The molecule has 1 aliphatic rings. The first kappa shape index (κ1) is 17.6. The predicted octanol–water partition coefficient (Wildman–Crippen LogP) is 2.48. The maximum Gasteiger partial charge on any atom is 0.251 e. The van der Waals surface area contributed by atoms with Crippen molar-refractivity contribution < 1.29 is 19.0 Å². The number of hydrogen-bond acceptors (Lipinski definition) is 3. The average Bonchev–Trinajstić information content (AvgIpc) is 2.66. The lowest BCUT2D eigenvalue weighted by molar-refractivity contribution is 0.0937. The number of aliphatic hydroxyl groups is 1. The summed E-state index contributed by atoms with van der Waals surface area (Å²) in [5, 5.41) is 12.4. The van der Waals surface area contributed by atoms with Crippen molar-refractivity contribution in [1.82, 2.24) is 5.32 Å². The Labute approximate surface area is 146 Å². The van der Waals surface area contributed by atoms with E-state index in [9.17, 15) is 14.3 Å². The average molecular weight is 343 g/mol. The zero-order valence-corrected chi connectivity index (χ0v) is 14.0. The van der Waals surface area contributed by atoms with Crippen LogP contribution in [0.15, 0.2) is 42.5 Å². The fraction of sp³-hybridized carbons (Fsp3) is 0.350. The van der Waals surface area contributed by atoms with Gasteiger partial charge < -0.3 is 15.2 Å². The van der Waals surface area contributed by atoms with E-state index < -0.39 is 0 Å². The molecule has 1 aliphatic heterocycles. The lowest BCUT2D eigenvalue weighted by atomic mass is 9.98. The summed E-state index contributed by atoms with van der Waals surface area (Å²) in [6, 6.07) is 11.9. The number of amides is 1. The van der Waals surface area contributed by atoms with Gasteiger partial charge in [0.25, 0.3) is 5.91 Å². The third-order valence-electron chi connectivity index (χ3n) is 4.49. The second-order valence-corrected chi connectivity index (χ2v) is 6.38. The number of rotatable bonds is 6. The van der Waals surface area contributed by atoms with Crippen LogP contribution in [-0.2, 0) is 24.2 Å². The van der Waals surface area contributed by atoms with Gasteiger partial charge in [0.2, 0.25) is 0 Å². The van der Waals surface area contributed by atoms with E-state index in [0.29, 0.717) is 31.7 Å². The zero-order chi connectivity index (χ0) is 17.6. The van der Waals surface area contributed by atoms with Gasteiger partial charge in [-0.3, -0.25) is 4.79 Å². The summed E-state index contributed by atoms with van der Waals surface area (Å²) < 4.78 is 18.4. The van der Waals surface area contributed by atoms with Crippen LogP contribution >= 0.6 is 0 Å². The highest BCUT2D eigenvalue weighted by Crippen LogP contribution is 2.18. The molecule has 0 bridgehead atoms. The highest BCUT2D eigenvalue weighted by atomic mass is 19.1. The van der Waals surface area contributed by atoms with Crippen molar-refractivity contribution in [2.24, 2.45) is 5.92 Å². The Kier molecular flexibility index (Phi) is 5.79. The van der Waals surface area contributed by atoms with Crippen molar-refractivity contribution in [2.75, 3.05) is 19.8 Å². The lowest BCUT2D eigenvalue weighted by Crippen LogP contribution is -2.32. The number of benzene rings is 2. The molecule has 0 aromatic heterocycles. The molecule has 2 aromatic carbocycles. The van der Waals surface area contributed by atoms with Gasteiger partial charge in [-0.1, -0.05) is 18.2 Å². The second-order valence-electron chi connectivity index (χ2n) is 6.38. The number of carbonyl (C=O) groups excluding carboxylic acids is 1. The Morgan fingerprint density at radius 1 is 1.20 bits per heavy atom. The largest absolute Gasteiger partial charge is 0.396 e. The molecular formula is C20H22FNO3. The Balaban J connectivity index is 1.57. The number of hydrogen-bond donors (Lipinski definition) is 2. The monoisotopic (exact) mass is 343 g/mol. The summed E-state index contributed by atoms with van der Waals surface area (Å²) in [5.41, 5.74) is 3.85. The van der Waals surface area contributed by atoms with Crippen LogP contribution in [0, 0.1) is 11.7 Å². The number of carbonyl (C=O) groups is 1. The van der Waals surface area contributed by atoms with Gasteiger partial charge >= 0.3 is 0 Å². The molecule has 0 saturated heterocycles. The first-order valence-corrected chi connectivity index (χ1v) is 8.49. The SMILES string of the molecule is O=C(NC[C@@H](CO)Cc1ccc(F)cc1)c1ccc2c(c1)CCOC2. The fourth-order valence-electron chi connectivity index (χ4n) is 3.00. The summed E-state index contributed by atoms with van der Waals surface area (Å²) in [5.74, 6) is -0.539. The molecule has 0 unspecified atom stereocenters. The first-order chi connectivity index (χ1) is 12.2. The predicted molar refractivity (Wildman–Crippen MR) is 92.8 cm³/mol. The quantitative estimate of drug-likeness (QED) is 0.847. The van der Waals surface area contributed by atoms with Gasteiger partial charge in [0, 0.05) is 24.6 Å². The van der Waals surface area contributed by atoms with Gasteiger partial charge in [0.05, 0.1) is 13.2 Å². The number of fused-ring (bicyclic) bond motifs is 1. The van der Waals surface area contributed by atoms with Crippen molar-refractivity contribution in [3.05, 3.63) is 70.5 Å². The number of ether oxygens (including phenoxy) is 1. The summed E-state index contributed by atoms with van der Waals surface area (Å²) in [6.45, 7) is 1.61. The van der Waals surface area contributed by atoms with Crippen molar-refractivity contribution >= 4 is 5.91 Å². The van der Waals surface area contributed by atoms with E-state index in [4.69, 9.17) is 4.74 Å². The van der Waals surface area contributed by atoms with E-state index in [2.05, 4.69) is 5.32 Å². The summed E-state index contributed by atoms with van der Waals surface area (Å²) in [4.78, 5) is 12.4. The van der Waals surface area contributed by atoms with Gasteiger partial charge in [-0.2, -0.15) is 0 Å². The Hall–Kier alpha value is -2.24. The van der Waals surface area contributed by atoms with Gasteiger partial charge in [-0.05, 0) is 53.8 Å². The minimum absolute atomic E-state index is 0.0425. The van der Waals surface area contributed by atoms with E-state index in [1.54, 1.807) is 18.2 Å². The second kappa shape index (κ2) is 8.23. The summed E-state index contributed by atoms with van der Waals surface area (Å²) in [7, 11) is 0. The van der Waals surface area contributed by atoms with Crippen LogP contribution in [0.3, 0.4) is 0 Å². The van der Waals surface area contributed by atoms with E-state index in [-0.39, 0.29) is 24.2 Å². The number of halogens is 1. The van der Waals surface area contributed by atoms with Crippen molar-refractivity contribution in [3.8, 4) is 0 Å². The standard InChI is InChI=1S/C20H22FNO3/c21-19-5-1-14(2-6-19)9-15(12-23)11-22-20(24)17-3-4-18-13-25-8-7-16(18)10-17/h1-6,10,15,23H,7-9,11-13H2,(H,22,24)/t15-/m0/s1. The maximum absolute atomic E-state index is 13.0. The third kappa shape index (κ3) is 4.65. The third-order valence-corrected chi connectivity index (χ3v) is 4.49. The molecule has 2 aromatic rings. The van der Waals surface area contributed by atoms with Crippen LogP contribution in [0.4, 0.5) is 4.39 Å². The van der Waals surface area contributed by atoms with Gasteiger partial charge in [0.15, 0.2) is 0 Å². The Morgan fingerprint density at radius 3 is 2.76 bits per heavy atom. The van der Waals surface area contributed by atoms with Gasteiger partial charge in [-0.25, -0.2) is 4.39 Å². The minimum Gasteiger partial charge on any atom is -0.396 e. The van der Waals surface area contributed by atoms with Crippen LogP contribution in [0.2, 0.25) is 0 Å². The van der Waals surface area contributed by atoms with Crippen molar-refractivity contribution in [1.29, 1.82) is 0 Å². The molecule has 1 amide bonds. The molecule has 25 heavy (non-hydrogen) atoms. The molecule has 3 rings (SSSR count). The molecule has 2 N–H and O–H groups in total. The molecule has 1 atom stereocenters. The van der Waals surface area contributed by atoms with Crippen molar-refractivity contribution in [2.45, 2.75) is 19.4 Å². The normalized spacial score (nSPS) is 14.6. The van der Waals surface area contributed by atoms with Crippen LogP contribution < -0.4 is 5.32 Å². The van der Waals surface area contributed by atoms with Gasteiger partial charge in [-0.15, -0.1) is 0 Å². The van der Waals surface area contributed by atoms with E-state index in [1.807, 2.05) is 12.1 Å². The highest BCUT2D eigenvalue weighted by molar-refractivity contribution is 5.94. The molecule has 132 valence electrons. The minimum atomic E-state index is -0.282. The molecule has 0 spiro atoms. The van der Waals surface area contributed by atoms with E-state index in [1.165, 1.54) is 12.1 Å². The zero-order valence-electron chi connectivity index (χ0n) is 14.0. The lowest BCUT2D eigenvalue weighted by Gasteiger charge is -2.18. The van der Waals surface area contributed by atoms with E-state index in [0.717, 1.165) is 23.1 Å². The molecule has 5 heteroatoms. The molecule has 4 nitrogen and oxygen atoms in total. The maximum atomic E-state index is 13.0. The fourth-order valence-corrected chi connectivity index (χ4v) is 3.00. The molecule has 1 heterocycles. The summed E-state index contributed by atoms with van der Waals surface area (Å²) in [6.07, 6.45) is 1.40. The molecule has 0 aliphatic carbocycles. The van der Waals surface area contributed by atoms with Gasteiger partial charge in [0.1, 0.15) is 5.82 Å². The van der Waals surface area contributed by atoms with Crippen molar-refractivity contribution in [3.63, 3.8) is 0 Å². The Morgan fingerprint density at radius 2 is 2.00 bits per heavy atom. The number of nitrogens with one attached hydrogen (secondary N) is 1. The smallest absolute Gasteiger partial charge is 0.251 e. The van der Waals surface area contributed by atoms with Crippen LogP contribution in [-0.4, -0.2) is 30.8 Å². The Bertz CT molecular complexity index is 730. The summed E-state index contributed by atoms with van der Waals surface area (Å²) >= 11 is 0. The molecular weight excluding hydrogens is 321 g/mol. The molecule has 0 saturated carbocycles. The first-order valence-electron chi connectivity index (χ1n) is 8.49. The number of aliphatic hydroxyl groups excluding tert-OH is 1. The molecule has 0 radical (unpaired) electrons. The highest BCUT2D eigenvalue weighted by Gasteiger charge is 2.15. The van der Waals surface area contributed by atoms with Crippen LogP contribution in [0.1, 0.15) is 27.0 Å². The van der Waals surface area contributed by atoms with E-state index >= 15 is 0 Å². The topological polar surface area (TPSA) is 58.6 Å². The van der Waals surface area contributed by atoms with Crippen LogP contribution in [0.25, 0.3) is 0 Å². The molecule has 0 fully saturated rings. The van der Waals surface area contributed by atoms with Crippen LogP contribution in [0.5, 0.6) is 0 Å².